The van der Waals surface area contributed by atoms with E-state index in [4.69, 9.17) is 0 Å². The highest BCUT2D eigenvalue weighted by molar-refractivity contribution is 6.02. The highest BCUT2D eigenvalue weighted by Crippen LogP contribution is 2.45. The van der Waals surface area contributed by atoms with Gasteiger partial charge < -0.3 is 15.0 Å². The number of aromatic hydroxyl groups is 1. The van der Waals surface area contributed by atoms with Gasteiger partial charge in [0.15, 0.2) is 5.75 Å². The molecular formula is C24H26N2O2. The first-order valence-corrected chi connectivity index (χ1v) is 9.85. The van der Waals surface area contributed by atoms with Crippen molar-refractivity contribution in [1.29, 1.82) is 0 Å². The summed E-state index contributed by atoms with van der Waals surface area (Å²) < 4.78 is 1.93. The van der Waals surface area contributed by atoms with Crippen molar-refractivity contribution in [3.8, 4) is 17.0 Å². The molecule has 0 radical (unpaired) electrons. The fraction of sp³-hybridized carbons (Fsp3) is 0.292. The second-order valence-corrected chi connectivity index (χ2v) is 7.69. The van der Waals surface area contributed by atoms with Crippen molar-refractivity contribution in [1.82, 2.24) is 4.57 Å². The molecule has 144 valence electrons. The highest BCUT2D eigenvalue weighted by atomic mass is 16.3. The lowest BCUT2D eigenvalue weighted by Gasteiger charge is -2.28. The summed E-state index contributed by atoms with van der Waals surface area (Å²) in [7, 11) is 1.91. The van der Waals surface area contributed by atoms with Crippen LogP contribution in [0.1, 0.15) is 36.9 Å². The predicted octanol–water partition coefficient (Wildman–Crippen LogP) is 5.16. The Labute approximate surface area is 165 Å². The van der Waals surface area contributed by atoms with E-state index in [0.29, 0.717) is 11.4 Å². The standard InChI is InChI=1S/C24H26N2O2/c1-17-20(22(27)21(26(17)2)18-11-5-3-6-12-18)25-23(28)24(15-9-10-16-24)19-13-7-4-8-14-19/h3-8,11-14,27H,9-10,15-16H2,1-2H3,(H,25,28). The van der Waals surface area contributed by atoms with Gasteiger partial charge in [-0.25, -0.2) is 0 Å². The molecule has 0 bridgehead atoms. The Morgan fingerprint density at radius 3 is 2.18 bits per heavy atom. The molecule has 3 aromatic rings. The largest absolute Gasteiger partial charge is 0.504 e. The van der Waals surface area contributed by atoms with E-state index in [-0.39, 0.29) is 11.7 Å². The maximum atomic E-state index is 13.5. The minimum absolute atomic E-state index is 0.0280. The molecule has 4 rings (SSSR count). The quantitative estimate of drug-likeness (QED) is 0.663. The topological polar surface area (TPSA) is 54.3 Å². The summed E-state index contributed by atoms with van der Waals surface area (Å²) in [6.07, 6.45) is 3.75. The van der Waals surface area contributed by atoms with Gasteiger partial charge in [0.2, 0.25) is 5.91 Å². The molecule has 2 aromatic carbocycles. The third-order valence-electron chi connectivity index (χ3n) is 6.17. The number of aromatic nitrogens is 1. The second kappa shape index (κ2) is 7.19. The minimum Gasteiger partial charge on any atom is -0.504 e. The maximum Gasteiger partial charge on any atom is 0.235 e. The zero-order valence-corrected chi connectivity index (χ0v) is 16.4. The highest BCUT2D eigenvalue weighted by Gasteiger charge is 2.43. The van der Waals surface area contributed by atoms with E-state index in [9.17, 15) is 9.90 Å². The number of hydrogen-bond acceptors (Lipinski definition) is 2. The van der Waals surface area contributed by atoms with E-state index in [2.05, 4.69) is 5.32 Å². The molecule has 1 aliphatic rings. The Kier molecular flexibility index (Phi) is 4.71. The summed E-state index contributed by atoms with van der Waals surface area (Å²) in [6, 6.07) is 19.8. The molecule has 1 fully saturated rings. The first kappa shape index (κ1) is 18.4. The lowest BCUT2D eigenvalue weighted by atomic mass is 9.78. The Morgan fingerprint density at radius 2 is 1.57 bits per heavy atom. The fourth-order valence-corrected chi connectivity index (χ4v) is 4.48. The number of nitrogens with zero attached hydrogens (tertiary/aromatic N) is 1. The molecule has 0 aliphatic heterocycles. The van der Waals surface area contributed by atoms with Gasteiger partial charge in [0.05, 0.1) is 11.1 Å². The molecule has 0 spiro atoms. The van der Waals surface area contributed by atoms with Gasteiger partial charge in [-0.3, -0.25) is 4.79 Å². The molecule has 1 aromatic heterocycles. The summed E-state index contributed by atoms with van der Waals surface area (Å²) in [4.78, 5) is 13.5. The maximum absolute atomic E-state index is 13.5. The van der Waals surface area contributed by atoms with Crippen molar-refractivity contribution in [2.24, 2.45) is 7.05 Å². The second-order valence-electron chi connectivity index (χ2n) is 7.69. The van der Waals surface area contributed by atoms with Gasteiger partial charge in [0, 0.05) is 18.3 Å². The van der Waals surface area contributed by atoms with Crippen LogP contribution in [-0.4, -0.2) is 15.6 Å². The van der Waals surface area contributed by atoms with Crippen LogP contribution in [0.25, 0.3) is 11.3 Å². The van der Waals surface area contributed by atoms with E-state index in [1.165, 1.54) is 0 Å². The van der Waals surface area contributed by atoms with Gasteiger partial charge in [-0.05, 0) is 25.3 Å². The Bertz CT molecular complexity index is 984. The predicted molar refractivity (Wildman–Crippen MR) is 112 cm³/mol. The Morgan fingerprint density at radius 1 is 1.00 bits per heavy atom. The molecular weight excluding hydrogens is 348 g/mol. The average molecular weight is 374 g/mol. The molecule has 0 unspecified atom stereocenters. The van der Waals surface area contributed by atoms with Crippen LogP contribution in [0.15, 0.2) is 60.7 Å². The van der Waals surface area contributed by atoms with Crippen LogP contribution in [0.4, 0.5) is 5.69 Å². The number of nitrogens with one attached hydrogen (secondary N) is 1. The van der Waals surface area contributed by atoms with Gasteiger partial charge in [0.1, 0.15) is 5.69 Å². The van der Waals surface area contributed by atoms with Crippen molar-refractivity contribution in [3.05, 3.63) is 71.9 Å². The van der Waals surface area contributed by atoms with E-state index in [1.807, 2.05) is 79.2 Å². The molecule has 1 saturated carbocycles. The van der Waals surface area contributed by atoms with Gasteiger partial charge in [-0.15, -0.1) is 0 Å². The van der Waals surface area contributed by atoms with Crippen LogP contribution in [-0.2, 0) is 17.3 Å². The number of carbonyl (C=O) groups excluding carboxylic acids is 1. The van der Waals surface area contributed by atoms with Gasteiger partial charge in [-0.2, -0.15) is 0 Å². The van der Waals surface area contributed by atoms with E-state index < -0.39 is 5.41 Å². The van der Waals surface area contributed by atoms with Crippen molar-refractivity contribution in [3.63, 3.8) is 0 Å². The number of carbonyl (C=O) groups is 1. The molecule has 0 saturated heterocycles. The smallest absolute Gasteiger partial charge is 0.235 e. The van der Waals surface area contributed by atoms with Gasteiger partial charge >= 0.3 is 0 Å². The van der Waals surface area contributed by atoms with Crippen LogP contribution in [0.2, 0.25) is 0 Å². The van der Waals surface area contributed by atoms with Crippen LogP contribution in [0.5, 0.6) is 5.75 Å². The zero-order chi connectivity index (χ0) is 19.7. The summed E-state index contributed by atoms with van der Waals surface area (Å²) in [5, 5.41) is 14.0. The molecule has 1 amide bonds. The van der Waals surface area contributed by atoms with Crippen molar-refractivity contribution in [2.75, 3.05) is 5.32 Å². The number of rotatable bonds is 4. The molecule has 0 atom stereocenters. The van der Waals surface area contributed by atoms with Gasteiger partial charge in [0.25, 0.3) is 0 Å². The first-order valence-electron chi connectivity index (χ1n) is 9.85. The van der Waals surface area contributed by atoms with E-state index in [1.54, 1.807) is 0 Å². The molecule has 2 N–H and O–H groups in total. The third-order valence-corrected chi connectivity index (χ3v) is 6.17. The summed E-state index contributed by atoms with van der Waals surface area (Å²) in [5.74, 6) is 0.0978. The Balaban J connectivity index is 1.72. The fourth-order valence-electron chi connectivity index (χ4n) is 4.48. The van der Waals surface area contributed by atoms with E-state index >= 15 is 0 Å². The molecule has 4 nitrogen and oxygen atoms in total. The van der Waals surface area contributed by atoms with Crippen LogP contribution in [0.3, 0.4) is 0 Å². The molecule has 28 heavy (non-hydrogen) atoms. The SMILES string of the molecule is Cc1c(NC(=O)C2(c3ccccc3)CCCC2)c(O)c(-c2ccccc2)n1C. The lowest BCUT2D eigenvalue weighted by molar-refractivity contribution is -0.121. The molecule has 1 aliphatic carbocycles. The van der Waals surface area contributed by atoms with Crippen molar-refractivity contribution in [2.45, 2.75) is 38.0 Å². The molecule has 4 heteroatoms. The van der Waals surface area contributed by atoms with Crippen molar-refractivity contribution >= 4 is 11.6 Å². The summed E-state index contributed by atoms with van der Waals surface area (Å²) >= 11 is 0. The average Bonchev–Trinajstić information content (AvgIpc) is 3.30. The van der Waals surface area contributed by atoms with E-state index in [0.717, 1.165) is 42.5 Å². The molecule has 1 heterocycles. The monoisotopic (exact) mass is 374 g/mol. The zero-order valence-electron chi connectivity index (χ0n) is 16.4. The number of benzene rings is 2. The van der Waals surface area contributed by atoms with Crippen molar-refractivity contribution < 1.29 is 9.90 Å². The minimum atomic E-state index is -0.525. The van der Waals surface area contributed by atoms with Crippen LogP contribution in [0, 0.1) is 6.92 Å². The lowest BCUT2D eigenvalue weighted by Crippen LogP contribution is -2.38. The van der Waals surface area contributed by atoms with Crippen LogP contribution < -0.4 is 5.32 Å². The normalized spacial score (nSPS) is 15.5. The first-order chi connectivity index (χ1) is 13.5. The Hall–Kier alpha value is -3.01. The summed E-state index contributed by atoms with van der Waals surface area (Å²) in [5.41, 5.74) is 3.52. The number of amides is 1. The number of hydrogen-bond donors (Lipinski definition) is 2. The van der Waals surface area contributed by atoms with Gasteiger partial charge in [-0.1, -0.05) is 73.5 Å². The number of anilines is 1. The van der Waals surface area contributed by atoms with Crippen LogP contribution >= 0.6 is 0 Å². The third kappa shape index (κ3) is 2.89. The summed E-state index contributed by atoms with van der Waals surface area (Å²) in [6.45, 7) is 1.92.